The normalized spacial score (nSPS) is 12.9. The van der Waals surface area contributed by atoms with E-state index in [1.165, 1.54) is 0 Å². The van der Waals surface area contributed by atoms with Crippen LogP contribution in [-0.2, 0) is 17.5 Å². The highest BCUT2D eigenvalue weighted by Gasteiger charge is 2.33. The van der Waals surface area contributed by atoms with E-state index in [0.717, 1.165) is 16.7 Å². The summed E-state index contributed by atoms with van der Waals surface area (Å²) in [5, 5.41) is 9.81. The Labute approximate surface area is 143 Å². The third-order valence-electron chi connectivity index (χ3n) is 2.49. The largest absolute Gasteiger partial charge is 0.434 e. The Morgan fingerprint density at radius 1 is 1.29 bits per heavy atom. The lowest BCUT2D eigenvalue weighted by Crippen LogP contribution is -2.43. The van der Waals surface area contributed by atoms with Gasteiger partial charge >= 0.3 is 6.18 Å². The minimum absolute atomic E-state index is 0.0850. The second kappa shape index (κ2) is 8.32. The summed E-state index contributed by atoms with van der Waals surface area (Å²) in [6, 6.07) is 0. The van der Waals surface area contributed by atoms with E-state index in [2.05, 4.69) is 25.9 Å². The Kier molecular flexibility index (Phi) is 7.00. The van der Waals surface area contributed by atoms with Gasteiger partial charge < -0.3 is 16.0 Å². The van der Waals surface area contributed by atoms with Crippen molar-refractivity contribution in [2.45, 2.75) is 46.0 Å². The number of halogens is 3. The number of carbonyl (C=O) groups is 1. The maximum atomic E-state index is 12.5. The van der Waals surface area contributed by atoms with Crippen molar-refractivity contribution in [2.24, 2.45) is 4.99 Å². The molecule has 0 fully saturated rings. The maximum Gasteiger partial charge on any atom is 0.434 e. The number of hydrogen-bond donors (Lipinski definition) is 3. The zero-order chi connectivity index (χ0) is 18.4. The van der Waals surface area contributed by atoms with Gasteiger partial charge in [-0.2, -0.15) is 13.2 Å². The highest BCUT2D eigenvalue weighted by Crippen LogP contribution is 2.29. The summed E-state index contributed by atoms with van der Waals surface area (Å²) in [5.41, 5.74) is -1.26. The van der Waals surface area contributed by atoms with E-state index in [-0.39, 0.29) is 29.5 Å². The molecular formula is C14H22F3N5OS. The molecule has 0 atom stereocenters. The highest BCUT2D eigenvalue weighted by molar-refractivity contribution is 7.09. The summed E-state index contributed by atoms with van der Waals surface area (Å²) in [7, 11) is 0. The van der Waals surface area contributed by atoms with Gasteiger partial charge in [-0.3, -0.25) is 4.79 Å². The van der Waals surface area contributed by atoms with Crippen molar-refractivity contribution in [2.75, 3.05) is 13.1 Å². The van der Waals surface area contributed by atoms with Crippen LogP contribution in [0.15, 0.2) is 10.4 Å². The summed E-state index contributed by atoms with van der Waals surface area (Å²) < 4.78 is 37.5. The Bertz CT molecular complexity index is 578. The van der Waals surface area contributed by atoms with Crippen LogP contribution in [0.2, 0.25) is 0 Å². The standard InChI is InChI=1S/C14H22F3N5OS/c1-5-18-12(19-6-10(23)22-13(2,3)4)20-7-11-21-9(8-24-11)14(15,16)17/h8H,5-7H2,1-4H3,(H,22,23)(H2,18,19,20). The lowest BCUT2D eigenvalue weighted by molar-refractivity contribution is -0.140. The lowest BCUT2D eigenvalue weighted by atomic mass is 10.1. The van der Waals surface area contributed by atoms with Gasteiger partial charge in [0.25, 0.3) is 0 Å². The monoisotopic (exact) mass is 365 g/mol. The fourth-order valence-electron chi connectivity index (χ4n) is 1.63. The molecule has 1 amide bonds. The molecule has 1 heterocycles. The zero-order valence-corrected chi connectivity index (χ0v) is 14.9. The van der Waals surface area contributed by atoms with Crippen molar-refractivity contribution < 1.29 is 18.0 Å². The Balaban J connectivity index is 2.61. The number of rotatable bonds is 5. The molecule has 0 aliphatic rings. The number of nitrogens with zero attached hydrogens (tertiary/aromatic N) is 2. The number of nitrogens with one attached hydrogen (secondary N) is 3. The van der Waals surface area contributed by atoms with Crippen molar-refractivity contribution in [1.29, 1.82) is 0 Å². The van der Waals surface area contributed by atoms with Crippen molar-refractivity contribution in [3.63, 3.8) is 0 Å². The molecule has 0 aliphatic heterocycles. The number of hydrogen-bond acceptors (Lipinski definition) is 4. The van der Waals surface area contributed by atoms with Gasteiger partial charge in [-0.05, 0) is 27.7 Å². The number of aromatic nitrogens is 1. The molecule has 1 aromatic rings. The van der Waals surface area contributed by atoms with Gasteiger partial charge in [-0.15, -0.1) is 11.3 Å². The minimum atomic E-state index is -4.45. The molecule has 0 aliphatic carbocycles. The molecular weight excluding hydrogens is 343 g/mol. The van der Waals surface area contributed by atoms with Crippen molar-refractivity contribution in [3.05, 3.63) is 16.1 Å². The van der Waals surface area contributed by atoms with Crippen molar-refractivity contribution >= 4 is 23.2 Å². The van der Waals surface area contributed by atoms with Gasteiger partial charge in [0, 0.05) is 17.5 Å². The fourth-order valence-corrected chi connectivity index (χ4v) is 2.37. The highest BCUT2D eigenvalue weighted by atomic mass is 32.1. The van der Waals surface area contributed by atoms with Crippen molar-refractivity contribution in [1.82, 2.24) is 20.9 Å². The van der Waals surface area contributed by atoms with Gasteiger partial charge in [0.05, 0.1) is 6.54 Å². The van der Waals surface area contributed by atoms with Crippen LogP contribution in [0.4, 0.5) is 13.2 Å². The molecule has 0 bridgehead atoms. The Morgan fingerprint density at radius 3 is 2.46 bits per heavy atom. The summed E-state index contributed by atoms with van der Waals surface area (Å²) in [6.45, 7) is 7.98. The molecule has 1 rings (SSSR count). The predicted octanol–water partition coefficient (Wildman–Crippen LogP) is 2.13. The SMILES string of the molecule is CCNC(=NCC(=O)NC(C)(C)C)NCc1nc(C(F)(F)F)cs1. The summed E-state index contributed by atoms with van der Waals surface area (Å²) in [6.07, 6.45) is -4.45. The molecule has 3 N–H and O–H groups in total. The number of alkyl halides is 3. The molecule has 6 nitrogen and oxygen atoms in total. The Hall–Kier alpha value is -1.84. The zero-order valence-electron chi connectivity index (χ0n) is 14.0. The fraction of sp³-hybridized carbons (Fsp3) is 0.643. The first kappa shape index (κ1) is 20.2. The van der Waals surface area contributed by atoms with E-state index in [1.54, 1.807) is 0 Å². The van der Waals surface area contributed by atoms with Gasteiger partial charge in [0.1, 0.15) is 11.6 Å². The summed E-state index contributed by atoms with van der Waals surface area (Å²) in [4.78, 5) is 19.4. The summed E-state index contributed by atoms with van der Waals surface area (Å²) >= 11 is 0.913. The van der Waals surface area contributed by atoms with Crippen LogP contribution in [0.3, 0.4) is 0 Å². The molecule has 0 spiro atoms. The number of thiazole rings is 1. The van der Waals surface area contributed by atoms with Crippen LogP contribution >= 0.6 is 11.3 Å². The van der Waals surface area contributed by atoms with Crippen LogP contribution in [-0.4, -0.2) is 35.5 Å². The van der Waals surface area contributed by atoms with E-state index < -0.39 is 11.9 Å². The minimum Gasteiger partial charge on any atom is -0.357 e. The first-order valence-corrected chi connectivity index (χ1v) is 8.24. The molecule has 0 aromatic carbocycles. The maximum absolute atomic E-state index is 12.5. The van der Waals surface area contributed by atoms with Gasteiger partial charge in [-0.1, -0.05) is 0 Å². The van der Waals surface area contributed by atoms with Gasteiger partial charge in [0.15, 0.2) is 11.7 Å². The second-order valence-corrected chi connectivity index (χ2v) is 6.91. The van der Waals surface area contributed by atoms with E-state index in [4.69, 9.17) is 0 Å². The quantitative estimate of drug-likeness (QED) is 0.552. The number of guanidine groups is 1. The molecule has 0 saturated heterocycles. The van der Waals surface area contributed by atoms with Crippen LogP contribution in [0, 0.1) is 0 Å². The first-order valence-electron chi connectivity index (χ1n) is 7.36. The summed E-state index contributed by atoms with van der Waals surface area (Å²) in [5.74, 6) is 0.0960. The van der Waals surface area contributed by atoms with Gasteiger partial charge in [-0.25, -0.2) is 9.98 Å². The van der Waals surface area contributed by atoms with E-state index in [9.17, 15) is 18.0 Å². The lowest BCUT2D eigenvalue weighted by Gasteiger charge is -2.20. The predicted molar refractivity (Wildman–Crippen MR) is 87.8 cm³/mol. The molecule has 1 aromatic heterocycles. The third kappa shape index (κ3) is 7.62. The van der Waals surface area contributed by atoms with E-state index in [1.807, 2.05) is 27.7 Å². The van der Waals surface area contributed by atoms with E-state index in [0.29, 0.717) is 12.5 Å². The molecule has 10 heteroatoms. The second-order valence-electron chi connectivity index (χ2n) is 5.97. The van der Waals surface area contributed by atoms with Crippen molar-refractivity contribution in [3.8, 4) is 0 Å². The molecule has 0 unspecified atom stereocenters. The molecule has 24 heavy (non-hydrogen) atoms. The van der Waals surface area contributed by atoms with Crippen LogP contribution in [0.25, 0.3) is 0 Å². The van der Waals surface area contributed by atoms with Crippen LogP contribution in [0.1, 0.15) is 38.4 Å². The topological polar surface area (TPSA) is 78.4 Å². The van der Waals surface area contributed by atoms with Crippen LogP contribution < -0.4 is 16.0 Å². The number of amides is 1. The average Bonchev–Trinajstić information content (AvgIpc) is 2.89. The smallest absolute Gasteiger partial charge is 0.357 e. The first-order chi connectivity index (χ1) is 11.0. The molecule has 136 valence electrons. The third-order valence-corrected chi connectivity index (χ3v) is 3.34. The number of aliphatic imine (C=N–C) groups is 1. The van der Waals surface area contributed by atoms with Gasteiger partial charge in [0.2, 0.25) is 5.91 Å². The molecule has 0 saturated carbocycles. The Morgan fingerprint density at radius 2 is 1.96 bits per heavy atom. The molecule has 0 radical (unpaired) electrons. The average molecular weight is 365 g/mol. The van der Waals surface area contributed by atoms with E-state index >= 15 is 0 Å². The number of carbonyl (C=O) groups excluding carboxylic acids is 1. The van der Waals surface area contributed by atoms with Crippen LogP contribution in [0.5, 0.6) is 0 Å².